The molecule has 2 aromatic rings. The molecule has 1 saturated carbocycles. The molecule has 1 aliphatic carbocycles. The predicted molar refractivity (Wildman–Crippen MR) is 166 cm³/mol. The summed E-state index contributed by atoms with van der Waals surface area (Å²) in [5.41, 5.74) is 1.35. The quantitative estimate of drug-likeness (QED) is 0.471. The van der Waals surface area contributed by atoms with Crippen molar-refractivity contribution < 1.29 is 14.3 Å². The summed E-state index contributed by atoms with van der Waals surface area (Å²) < 4.78 is 5.89. The van der Waals surface area contributed by atoms with Crippen LogP contribution < -0.4 is 5.32 Å². The van der Waals surface area contributed by atoms with Gasteiger partial charge in [-0.15, -0.1) is 10.2 Å². The van der Waals surface area contributed by atoms with Crippen LogP contribution in [0.5, 0.6) is 0 Å². The smallest absolute Gasteiger partial charge is 0.291 e. The number of likely N-dealkylation sites (tertiary alicyclic amines) is 1. The van der Waals surface area contributed by atoms with Crippen LogP contribution in [0.3, 0.4) is 0 Å². The van der Waals surface area contributed by atoms with E-state index in [-0.39, 0.29) is 47.4 Å². The molecular formula is C33H48N8O3. The molecule has 1 aromatic heterocycles. The van der Waals surface area contributed by atoms with Crippen molar-refractivity contribution in [1.29, 1.82) is 0 Å². The number of H-pyrrole nitrogens is 1. The van der Waals surface area contributed by atoms with E-state index in [4.69, 9.17) is 9.73 Å². The number of nitrogens with one attached hydrogen (secondary N) is 2. The van der Waals surface area contributed by atoms with E-state index in [0.717, 1.165) is 57.1 Å². The van der Waals surface area contributed by atoms with Gasteiger partial charge in [0.25, 0.3) is 11.8 Å². The molecule has 2 amide bonds. The van der Waals surface area contributed by atoms with Crippen molar-refractivity contribution in [2.45, 2.75) is 117 Å². The molecule has 3 aliphatic heterocycles. The molecule has 3 fully saturated rings. The van der Waals surface area contributed by atoms with E-state index in [1.165, 1.54) is 0 Å². The second-order valence-corrected chi connectivity index (χ2v) is 15.5. The number of rotatable bonds is 7. The number of aliphatic imine (C=N–C) groups is 1. The number of tetrazole rings is 1. The Balaban J connectivity index is 1.31. The predicted octanol–water partition coefficient (Wildman–Crippen LogP) is 4.64. The molecule has 1 spiro atoms. The number of aromatic nitrogens is 4. The van der Waals surface area contributed by atoms with Crippen molar-refractivity contribution in [2.75, 3.05) is 13.2 Å². The molecule has 44 heavy (non-hydrogen) atoms. The van der Waals surface area contributed by atoms with Crippen LogP contribution in [0.15, 0.2) is 29.3 Å². The number of carbonyl (C=O) groups excluding carboxylic acids is 2. The fourth-order valence-corrected chi connectivity index (χ4v) is 7.56. The molecule has 1 aromatic carbocycles. The summed E-state index contributed by atoms with van der Waals surface area (Å²) in [7, 11) is 0. The first kappa shape index (κ1) is 30.7. The van der Waals surface area contributed by atoms with Crippen LogP contribution in [-0.2, 0) is 16.1 Å². The summed E-state index contributed by atoms with van der Waals surface area (Å²) in [6.07, 6.45) is 6.75. The van der Waals surface area contributed by atoms with Gasteiger partial charge in [0.1, 0.15) is 5.66 Å². The highest BCUT2D eigenvalue weighted by atomic mass is 16.5. The van der Waals surface area contributed by atoms with Crippen LogP contribution in [0.4, 0.5) is 0 Å². The van der Waals surface area contributed by atoms with Crippen molar-refractivity contribution in [2.24, 2.45) is 21.7 Å². The lowest BCUT2D eigenvalue weighted by molar-refractivity contribution is -0.134. The topological polar surface area (TPSA) is 129 Å². The average Bonchev–Trinajstić information content (AvgIpc) is 3.78. The van der Waals surface area contributed by atoms with Gasteiger partial charge in [-0.3, -0.25) is 9.59 Å². The van der Waals surface area contributed by atoms with Crippen LogP contribution in [0.1, 0.15) is 114 Å². The molecule has 11 heteroatoms. The van der Waals surface area contributed by atoms with E-state index < -0.39 is 5.66 Å². The molecule has 0 unspecified atom stereocenters. The van der Waals surface area contributed by atoms with Crippen molar-refractivity contribution in [3.63, 3.8) is 0 Å². The number of nitrogens with zero attached hydrogens (tertiary/aromatic N) is 6. The Labute approximate surface area is 260 Å². The van der Waals surface area contributed by atoms with E-state index in [9.17, 15) is 9.59 Å². The monoisotopic (exact) mass is 604 g/mol. The van der Waals surface area contributed by atoms with E-state index in [1.807, 2.05) is 24.3 Å². The molecule has 2 bridgehead atoms. The van der Waals surface area contributed by atoms with Crippen molar-refractivity contribution in [3.05, 3.63) is 41.2 Å². The lowest BCUT2D eigenvalue weighted by Gasteiger charge is -2.47. The first-order chi connectivity index (χ1) is 20.8. The number of aromatic amines is 1. The summed E-state index contributed by atoms with van der Waals surface area (Å²) in [5, 5.41) is 16.6. The molecule has 238 valence electrons. The molecule has 2 saturated heterocycles. The second-order valence-electron chi connectivity index (χ2n) is 15.5. The van der Waals surface area contributed by atoms with Crippen molar-refractivity contribution in [3.8, 4) is 0 Å². The summed E-state index contributed by atoms with van der Waals surface area (Å²) >= 11 is 0. The van der Waals surface area contributed by atoms with Crippen LogP contribution in [0, 0.1) is 16.7 Å². The number of hydrogen-bond donors (Lipinski definition) is 2. The molecule has 0 radical (unpaired) electrons. The fourth-order valence-electron chi connectivity index (χ4n) is 7.56. The Bertz CT molecular complexity index is 1370. The maximum absolute atomic E-state index is 14.7. The minimum atomic E-state index is -0.556. The molecule has 4 heterocycles. The highest BCUT2D eigenvalue weighted by Gasteiger charge is 2.55. The largest absolute Gasteiger partial charge is 0.374 e. The zero-order valence-electron chi connectivity index (χ0n) is 27.1. The normalized spacial score (nSPS) is 27.7. The highest BCUT2D eigenvalue weighted by molar-refractivity contribution is 6.39. The summed E-state index contributed by atoms with van der Waals surface area (Å²) in [6.45, 7) is 15.3. The first-order valence-corrected chi connectivity index (χ1v) is 16.3. The standard InChI is InChI=1S/C33H48N8O3/c1-31(2,3)14-13-26(21-7-9-22(10-8-21)29(42)34-18-27-36-38-39-37-27)41-30(43)28(40-19-25-17-24(40)20-44-25)35-33(41)15-11-23(12-16-33)32(4,5)6/h7-10,23-26H,11-20H2,1-6H3,(H,34,42)(H,36,37,38,39)/t23?,24-,25-,26-,33?/m1/s1. The molecule has 6 rings (SSSR count). The summed E-state index contributed by atoms with van der Waals surface area (Å²) in [6, 6.07) is 7.82. The molecule has 4 aliphatic rings. The van der Waals surface area contributed by atoms with Gasteiger partial charge >= 0.3 is 0 Å². The Kier molecular flexibility index (Phi) is 8.05. The number of amides is 2. The third kappa shape index (κ3) is 6.12. The van der Waals surface area contributed by atoms with Crippen molar-refractivity contribution in [1.82, 2.24) is 35.7 Å². The third-order valence-corrected chi connectivity index (χ3v) is 10.2. The van der Waals surface area contributed by atoms with Gasteiger partial charge in [-0.25, -0.2) is 4.99 Å². The van der Waals surface area contributed by atoms with Gasteiger partial charge in [0, 0.05) is 12.1 Å². The number of carbonyl (C=O) groups is 2. The van der Waals surface area contributed by atoms with Gasteiger partial charge in [-0.1, -0.05) is 58.9 Å². The van der Waals surface area contributed by atoms with Crippen LogP contribution >= 0.6 is 0 Å². The number of amidine groups is 1. The second kappa shape index (κ2) is 11.5. The Morgan fingerprint density at radius 1 is 1.14 bits per heavy atom. The van der Waals surface area contributed by atoms with Crippen LogP contribution in [0.25, 0.3) is 0 Å². The van der Waals surface area contributed by atoms with E-state index in [2.05, 4.69) is 77.3 Å². The van der Waals surface area contributed by atoms with Gasteiger partial charge in [-0.2, -0.15) is 5.21 Å². The molecular weight excluding hydrogens is 556 g/mol. The lowest BCUT2D eigenvalue weighted by Crippen LogP contribution is -2.53. The Morgan fingerprint density at radius 2 is 1.86 bits per heavy atom. The van der Waals surface area contributed by atoms with E-state index >= 15 is 0 Å². The maximum atomic E-state index is 14.7. The van der Waals surface area contributed by atoms with E-state index in [0.29, 0.717) is 29.7 Å². The van der Waals surface area contributed by atoms with Gasteiger partial charge < -0.3 is 19.9 Å². The average molecular weight is 605 g/mol. The number of morpholine rings is 1. The third-order valence-electron chi connectivity index (χ3n) is 10.2. The number of hydrogen-bond acceptors (Lipinski definition) is 8. The fraction of sp³-hybridized carbons (Fsp3) is 0.697. The van der Waals surface area contributed by atoms with Crippen LogP contribution in [0.2, 0.25) is 0 Å². The SMILES string of the molecule is CC(C)(C)CC[C@H](c1ccc(C(=O)NCc2nn[nH]n2)cc1)N1C(=O)C(N2C[C@H]3C[C@@H]2CO3)=NC12CCC(C(C)(C)C)CC2. The number of benzene rings is 1. The first-order valence-electron chi connectivity index (χ1n) is 16.3. The van der Waals surface area contributed by atoms with Crippen LogP contribution in [-0.4, -0.2) is 79.0 Å². The molecule has 2 N–H and O–H groups in total. The minimum absolute atomic E-state index is 0.0487. The zero-order valence-corrected chi connectivity index (χ0v) is 27.1. The zero-order chi connectivity index (χ0) is 31.3. The number of ether oxygens (including phenoxy) is 1. The lowest BCUT2D eigenvalue weighted by atomic mass is 9.69. The Hall–Kier alpha value is -3.34. The summed E-state index contributed by atoms with van der Waals surface area (Å²) in [4.78, 5) is 37.4. The highest BCUT2D eigenvalue weighted by Crippen LogP contribution is 2.50. The molecule has 3 atom stereocenters. The maximum Gasteiger partial charge on any atom is 0.291 e. The van der Waals surface area contributed by atoms with Crippen molar-refractivity contribution >= 4 is 17.6 Å². The molecule has 11 nitrogen and oxygen atoms in total. The van der Waals surface area contributed by atoms with E-state index in [1.54, 1.807) is 0 Å². The minimum Gasteiger partial charge on any atom is -0.374 e. The van der Waals surface area contributed by atoms with Gasteiger partial charge in [-0.05, 0) is 79.4 Å². The Morgan fingerprint density at radius 3 is 2.43 bits per heavy atom. The van der Waals surface area contributed by atoms with Gasteiger partial charge in [0.05, 0.1) is 31.3 Å². The summed E-state index contributed by atoms with van der Waals surface area (Å²) in [5.74, 6) is 1.49. The number of fused-ring (bicyclic) bond motifs is 2. The van der Waals surface area contributed by atoms with Gasteiger partial charge in [0.2, 0.25) is 0 Å². The van der Waals surface area contributed by atoms with Gasteiger partial charge in [0.15, 0.2) is 11.7 Å².